The lowest BCUT2D eigenvalue weighted by molar-refractivity contribution is 0.0862. The van der Waals surface area contributed by atoms with Gasteiger partial charge >= 0.3 is 0 Å². The van der Waals surface area contributed by atoms with Crippen LogP contribution in [-0.4, -0.2) is 10.6 Å². The van der Waals surface area contributed by atoms with Gasteiger partial charge in [-0.3, -0.25) is 9.59 Å². The summed E-state index contributed by atoms with van der Waals surface area (Å²) in [5, 5.41) is 2.72. The highest BCUT2D eigenvalue weighted by atomic mass is 19.1. The zero-order valence-corrected chi connectivity index (χ0v) is 15.0. The Morgan fingerprint density at radius 2 is 1.89 bits per heavy atom. The van der Waals surface area contributed by atoms with E-state index >= 15 is 0 Å². The average molecular weight is 366 g/mol. The molecule has 0 bridgehead atoms. The molecule has 0 aliphatic rings. The van der Waals surface area contributed by atoms with E-state index in [2.05, 4.69) is 5.32 Å². The van der Waals surface area contributed by atoms with Crippen molar-refractivity contribution in [3.8, 4) is 0 Å². The van der Waals surface area contributed by atoms with E-state index < -0.39 is 11.5 Å². The number of amides is 1. The van der Waals surface area contributed by atoms with Crippen molar-refractivity contribution < 1.29 is 14.0 Å². The second-order valence-corrected chi connectivity index (χ2v) is 6.21. The molecule has 1 heterocycles. The van der Waals surface area contributed by atoms with Crippen molar-refractivity contribution in [3.63, 3.8) is 0 Å². The standard InChI is InChI=1S/C21H19FN2O3/c1-14-8-9-18(11-15(14)2)23-20(25)19-7-4-10-24(21(19)26)27-13-16-5-3-6-17(22)12-16/h3-12H,13H2,1-2H3,(H,23,25). The number of pyridine rings is 1. The predicted octanol–water partition coefficient (Wildman–Crippen LogP) is 3.49. The van der Waals surface area contributed by atoms with E-state index in [9.17, 15) is 14.0 Å². The number of aryl methyl sites for hydroxylation is 2. The first-order chi connectivity index (χ1) is 12.9. The molecule has 0 aliphatic carbocycles. The predicted molar refractivity (Wildman–Crippen MR) is 101 cm³/mol. The van der Waals surface area contributed by atoms with E-state index in [-0.39, 0.29) is 18.0 Å². The molecule has 0 unspecified atom stereocenters. The molecule has 3 aromatic rings. The van der Waals surface area contributed by atoms with Crippen LogP contribution < -0.4 is 15.7 Å². The van der Waals surface area contributed by atoms with E-state index in [1.54, 1.807) is 24.3 Å². The Bertz CT molecular complexity index is 1040. The Kier molecular flexibility index (Phi) is 5.35. The Morgan fingerprint density at radius 1 is 1.07 bits per heavy atom. The summed E-state index contributed by atoms with van der Waals surface area (Å²) in [6.45, 7) is 3.92. The summed E-state index contributed by atoms with van der Waals surface area (Å²) >= 11 is 0. The third-order valence-corrected chi connectivity index (χ3v) is 4.18. The van der Waals surface area contributed by atoms with Crippen LogP contribution in [0.2, 0.25) is 0 Å². The molecule has 1 aromatic heterocycles. The zero-order valence-electron chi connectivity index (χ0n) is 15.0. The van der Waals surface area contributed by atoms with Gasteiger partial charge in [-0.15, -0.1) is 0 Å². The molecule has 0 fully saturated rings. The van der Waals surface area contributed by atoms with Gasteiger partial charge in [-0.1, -0.05) is 18.2 Å². The van der Waals surface area contributed by atoms with Crippen LogP contribution in [0.5, 0.6) is 0 Å². The molecule has 1 amide bonds. The molecule has 1 N–H and O–H groups in total. The zero-order chi connectivity index (χ0) is 19.4. The molecule has 0 saturated heterocycles. The summed E-state index contributed by atoms with van der Waals surface area (Å²) in [6.07, 6.45) is 1.41. The first-order valence-corrected chi connectivity index (χ1v) is 8.42. The fraction of sp³-hybridized carbons (Fsp3) is 0.143. The monoisotopic (exact) mass is 366 g/mol. The van der Waals surface area contributed by atoms with Crippen LogP contribution in [-0.2, 0) is 6.61 Å². The van der Waals surface area contributed by atoms with Crippen molar-refractivity contribution in [1.82, 2.24) is 4.73 Å². The summed E-state index contributed by atoms with van der Waals surface area (Å²) < 4.78 is 14.2. The number of hydrogen-bond donors (Lipinski definition) is 1. The van der Waals surface area contributed by atoms with Gasteiger partial charge in [-0.2, -0.15) is 4.73 Å². The van der Waals surface area contributed by atoms with Gasteiger partial charge in [0.05, 0.1) is 0 Å². The Morgan fingerprint density at radius 3 is 2.63 bits per heavy atom. The second kappa shape index (κ2) is 7.86. The number of nitrogens with one attached hydrogen (secondary N) is 1. The first-order valence-electron chi connectivity index (χ1n) is 8.42. The van der Waals surface area contributed by atoms with Crippen LogP contribution >= 0.6 is 0 Å². The van der Waals surface area contributed by atoms with E-state index in [0.29, 0.717) is 11.3 Å². The lowest BCUT2D eigenvalue weighted by Gasteiger charge is -2.11. The summed E-state index contributed by atoms with van der Waals surface area (Å²) in [4.78, 5) is 30.4. The molecule has 0 spiro atoms. The molecule has 27 heavy (non-hydrogen) atoms. The number of hydrogen-bond acceptors (Lipinski definition) is 3. The summed E-state index contributed by atoms with van der Waals surface area (Å²) in [5.74, 6) is -0.906. The summed E-state index contributed by atoms with van der Waals surface area (Å²) in [6, 6.07) is 14.4. The van der Waals surface area contributed by atoms with Gasteiger partial charge in [0.2, 0.25) is 0 Å². The number of nitrogens with zero attached hydrogens (tertiary/aromatic N) is 1. The van der Waals surface area contributed by atoms with Gasteiger partial charge in [0.15, 0.2) is 0 Å². The lowest BCUT2D eigenvalue weighted by atomic mass is 10.1. The van der Waals surface area contributed by atoms with Crippen molar-refractivity contribution >= 4 is 11.6 Å². The SMILES string of the molecule is Cc1ccc(NC(=O)c2cccn(OCc3cccc(F)c3)c2=O)cc1C. The van der Waals surface area contributed by atoms with Gasteiger partial charge in [0.25, 0.3) is 11.5 Å². The fourth-order valence-electron chi connectivity index (χ4n) is 2.54. The molecular formula is C21H19FN2O3. The lowest BCUT2D eigenvalue weighted by Crippen LogP contribution is -2.32. The van der Waals surface area contributed by atoms with Crippen LogP contribution in [0.4, 0.5) is 10.1 Å². The minimum absolute atomic E-state index is 0.000103. The van der Waals surface area contributed by atoms with Crippen LogP contribution in [0.1, 0.15) is 27.0 Å². The fourth-order valence-corrected chi connectivity index (χ4v) is 2.54. The maximum absolute atomic E-state index is 13.2. The molecule has 138 valence electrons. The molecule has 0 aliphatic heterocycles. The Labute approximate surface area is 156 Å². The van der Waals surface area contributed by atoms with Crippen molar-refractivity contribution in [1.29, 1.82) is 0 Å². The minimum atomic E-state index is -0.588. The van der Waals surface area contributed by atoms with Crippen molar-refractivity contribution in [2.24, 2.45) is 0 Å². The molecule has 0 saturated carbocycles. The van der Waals surface area contributed by atoms with E-state index in [0.717, 1.165) is 15.9 Å². The molecule has 0 radical (unpaired) electrons. The smallest absolute Gasteiger partial charge is 0.295 e. The van der Waals surface area contributed by atoms with E-state index in [1.807, 2.05) is 26.0 Å². The topological polar surface area (TPSA) is 60.3 Å². The summed E-state index contributed by atoms with van der Waals surface area (Å²) in [5.41, 5.74) is 2.70. The number of aromatic nitrogens is 1. The van der Waals surface area contributed by atoms with Crippen molar-refractivity contribution in [2.45, 2.75) is 20.5 Å². The number of rotatable bonds is 5. The molecular weight excluding hydrogens is 347 g/mol. The quantitative estimate of drug-likeness (QED) is 0.752. The van der Waals surface area contributed by atoms with E-state index in [4.69, 9.17) is 4.84 Å². The van der Waals surface area contributed by atoms with Crippen LogP contribution in [0, 0.1) is 19.7 Å². The van der Waals surface area contributed by atoms with Gasteiger partial charge in [0, 0.05) is 11.9 Å². The molecule has 6 heteroatoms. The van der Waals surface area contributed by atoms with Crippen LogP contribution in [0.3, 0.4) is 0 Å². The summed E-state index contributed by atoms with van der Waals surface area (Å²) in [7, 11) is 0. The largest absolute Gasteiger partial charge is 0.406 e. The van der Waals surface area contributed by atoms with Crippen molar-refractivity contribution in [2.75, 3.05) is 5.32 Å². The third kappa shape index (κ3) is 4.41. The molecule has 3 rings (SSSR count). The highest BCUT2D eigenvalue weighted by Crippen LogP contribution is 2.14. The Hall–Kier alpha value is -3.41. The van der Waals surface area contributed by atoms with Gasteiger partial charge in [-0.05, 0) is 66.9 Å². The maximum atomic E-state index is 13.2. The highest BCUT2D eigenvalue weighted by molar-refractivity contribution is 6.04. The third-order valence-electron chi connectivity index (χ3n) is 4.18. The van der Waals surface area contributed by atoms with Gasteiger partial charge < -0.3 is 10.2 Å². The maximum Gasteiger partial charge on any atom is 0.295 e. The first kappa shape index (κ1) is 18.4. The number of halogens is 1. The molecule has 2 aromatic carbocycles. The van der Waals surface area contributed by atoms with Crippen LogP contribution in [0.15, 0.2) is 65.6 Å². The number of carbonyl (C=O) groups excluding carboxylic acids is 1. The Balaban J connectivity index is 1.76. The normalized spacial score (nSPS) is 10.5. The van der Waals surface area contributed by atoms with E-state index in [1.165, 1.54) is 24.4 Å². The van der Waals surface area contributed by atoms with Crippen molar-refractivity contribution in [3.05, 3.63) is 99.2 Å². The van der Waals surface area contributed by atoms with Gasteiger partial charge in [0.1, 0.15) is 18.0 Å². The molecule has 0 atom stereocenters. The number of benzene rings is 2. The number of anilines is 1. The molecule has 5 nitrogen and oxygen atoms in total. The van der Waals surface area contributed by atoms with Crippen LogP contribution in [0.25, 0.3) is 0 Å². The highest BCUT2D eigenvalue weighted by Gasteiger charge is 2.13. The average Bonchev–Trinajstić information content (AvgIpc) is 2.64. The van der Waals surface area contributed by atoms with Gasteiger partial charge in [-0.25, -0.2) is 4.39 Å². The second-order valence-electron chi connectivity index (χ2n) is 6.21. The number of carbonyl (C=O) groups is 1. The minimum Gasteiger partial charge on any atom is -0.406 e.